The molecule has 7 nitrogen and oxygen atoms in total. The Labute approximate surface area is 175 Å². The lowest BCUT2D eigenvalue weighted by Gasteiger charge is -2.18. The topological polar surface area (TPSA) is 83.1 Å². The van der Waals surface area contributed by atoms with Crippen LogP contribution >= 0.6 is 0 Å². The Morgan fingerprint density at radius 2 is 1.57 bits per heavy atom. The van der Waals surface area contributed by atoms with Crippen LogP contribution in [0.2, 0.25) is 0 Å². The molecule has 0 radical (unpaired) electrons. The van der Waals surface area contributed by atoms with Gasteiger partial charge in [-0.25, -0.2) is 4.39 Å². The Morgan fingerprint density at radius 3 is 2.07 bits per heavy atom. The molecule has 30 heavy (non-hydrogen) atoms. The standard InChI is InChI=1S/C22H26FNO6/c1-27-18-11-14(12-19(28-2)22(18)30-4)5-10-20(25)24-17(13-21(26)29-3)15-6-8-16(23)9-7-15/h6-9,11-12,17H,5,10,13H2,1-4H3,(H,24,25). The second-order valence-electron chi connectivity index (χ2n) is 6.49. The number of amides is 1. The van der Waals surface area contributed by atoms with Gasteiger partial charge in [0.05, 0.1) is 40.9 Å². The molecule has 1 atom stereocenters. The van der Waals surface area contributed by atoms with Crippen molar-refractivity contribution < 1.29 is 32.9 Å². The smallest absolute Gasteiger partial charge is 0.307 e. The minimum absolute atomic E-state index is 0.0575. The molecule has 8 heteroatoms. The average molecular weight is 419 g/mol. The molecule has 2 aromatic rings. The number of benzene rings is 2. The summed E-state index contributed by atoms with van der Waals surface area (Å²) in [6, 6.07) is 8.56. The van der Waals surface area contributed by atoms with Gasteiger partial charge < -0.3 is 24.3 Å². The molecule has 1 N–H and O–H groups in total. The molecule has 0 fully saturated rings. The molecular weight excluding hydrogens is 393 g/mol. The number of hydrogen-bond donors (Lipinski definition) is 1. The molecule has 0 spiro atoms. The largest absolute Gasteiger partial charge is 0.493 e. The summed E-state index contributed by atoms with van der Waals surface area (Å²) in [5.74, 6) is 0.340. The molecule has 0 saturated carbocycles. The van der Waals surface area contributed by atoms with Gasteiger partial charge in [0.1, 0.15) is 5.82 Å². The van der Waals surface area contributed by atoms with Gasteiger partial charge in [-0.15, -0.1) is 0 Å². The number of methoxy groups -OCH3 is 4. The normalized spacial score (nSPS) is 11.4. The summed E-state index contributed by atoms with van der Waals surface area (Å²) in [5.41, 5.74) is 1.44. The minimum Gasteiger partial charge on any atom is -0.493 e. The Bertz CT molecular complexity index is 843. The second kappa shape index (κ2) is 11.0. The molecule has 1 amide bonds. The molecule has 0 aliphatic heterocycles. The lowest BCUT2D eigenvalue weighted by molar-refractivity contribution is -0.141. The number of ether oxygens (including phenoxy) is 4. The first-order valence-electron chi connectivity index (χ1n) is 9.32. The fraction of sp³-hybridized carbons (Fsp3) is 0.364. The SMILES string of the molecule is COC(=O)CC(NC(=O)CCc1cc(OC)c(OC)c(OC)c1)c1ccc(F)cc1. The lowest BCUT2D eigenvalue weighted by atomic mass is 10.0. The average Bonchev–Trinajstić information content (AvgIpc) is 2.76. The quantitative estimate of drug-likeness (QED) is 0.596. The molecule has 0 bridgehead atoms. The molecule has 1 unspecified atom stereocenters. The summed E-state index contributed by atoms with van der Waals surface area (Å²) in [4.78, 5) is 24.3. The van der Waals surface area contributed by atoms with E-state index >= 15 is 0 Å². The summed E-state index contributed by atoms with van der Waals surface area (Å²) in [7, 11) is 5.84. The van der Waals surface area contributed by atoms with Crippen LogP contribution in [-0.2, 0) is 20.7 Å². The van der Waals surface area contributed by atoms with Crippen molar-refractivity contribution in [2.45, 2.75) is 25.3 Å². The van der Waals surface area contributed by atoms with E-state index in [0.717, 1.165) is 5.56 Å². The Hall–Kier alpha value is -3.29. The molecule has 0 aliphatic rings. The zero-order valence-electron chi connectivity index (χ0n) is 17.5. The van der Waals surface area contributed by atoms with E-state index in [1.165, 1.54) is 52.7 Å². The third-order valence-electron chi connectivity index (χ3n) is 4.57. The minimum atomic E-state index is -0.620. The fourth-order valence-electron chi connectivity index (χ4n) is 3.00. The van der Waals surface area contributed by atoms with Crippen molar-refractivity contribution >= 4 is 11.9 Å². The third kappa shape index (κ3) is 6.10. The molecule has 2 rings (SSSR count). The van der Waals surface area contributed by atoms with Crippen molar-refractivity contribution in [3.63, 3.8) is 0 Å². The van der Waals surface area contributed by atoms with Crippen LogP contribution in [0.1, 0.15) is 30.0 Å². The number of hydrogen-bond acceptors (Lipinski definition) is 6. The van der Waals surface area contributed by atoms with Gasteiger partial charge in [0, 0.05) is 6.42 Å². The highest BCUT2D eigenvalue weighted by atomic mass is 19.1. The van der Waals surface area contributed by atoms with Crippen LogP contribution in [-0.4, -0.2) is 40.3 Å². The van der Waals surface area contributed by atoms with Crippen molar-refractivity contribution in [3.05, 3.63) is 53.3 Å². The zero-order chi connectivity index (χ0) is 22.1. The van der Waals surface area contributed by atoms with E-state index < -0.39 is 17.8 Å². The maximum atomic E-state index is 13.2. The van der Waals surface area contributed by atoms with E-state index in [1.807, 2.05) is 0 Å². The summed E-state index contributed by atoms with van der Waals surface area (Å²) in [6.07, 6.45) is 0.520. The van der Waals surface area contributed by atoms with E-state index in [-0.39, 0.29) is 18.7 Å². The zero-order valence-corrected chi connectivity index (χ0v) is 17.5. The number of halogens is 1. The Kier molecular flexibility index (Phi) is 8.46. The maximum absolute atomic E-state index is 13.2. The summed E-state index contributed by atoms with van der Waals surface area (Å²) >= 11 is 0. The highest BCUT2D eigenvalue weighted by Gasteiger charge is 2.20. The highest BCUT2D eigenvalue weighted by Crippen LogP contribution is 2.38. The number of carbonyl (C=O) groups is 2. The number of nitrogens with one attached hydrogen (secondary N) is 1. The van der Waals surface area contributed by atoms with Crippen LogP contribution in [0.4, 0.5) is 4.39 Å². The molecule has 0 aromatic heterocycles. The van der Waals surface area contributed by atoms with Crippen LogP contribution < -0.4 is 19.5 Å². The van der Waals surface area contributed by atoms with Gasteiger partial charge in [0.25, 0.3) is 0 Å². The van der Waals surface area contributed by atoms with Crippen molar-refractivity contribution in [1.82, 2.24) is 5.32 Å². The van der Waals surface area contributed by atoms with E-state index in [4.69, 9.17) is 18.9 Å². The molecule has 162 valence electrons. The first kappa shape index (κ1) is 23.0. The molecule has 0 heterocycles. The van der Waals surface area contributed by atoms with Gasteiger partial charge in [-0.1, -0.05) is 12.1 Å². The van der Waals surface area contributed by atoms with Crippen LogP contribution in [0.3, 0.4) is 0 Å². The summed E-state index contributed by atoms with van der Waals surface area (Å²) in [6.45, 7) is 0. The van der Waals surface area contributed by atoms with Gasteiger partial charge in [-0.05, 0) is 41.8 Å². The lowest BCUT2D eigenvalue weighted by Crippen LogP contribution is -2.30. The first-order chi connectivity index (χ1) is 14.4. The predicted molar refractivity (Wildman–Crippen MR) is 108 cm³/mol. The molecule has 2 aromatic carbocycles. The maximum Gasteiger partial charge on any atom is 0.307 e. The van der Waals surface area contributed by atoms with E-state index in [1.54, 1.807) is 12.1 Å². The predicted octanol–water partition coefficient (Wildman–Crippen LogP) is 3.20. The Morgan fingerprint density at radius 1 is 0.967 bits per heavy atom. The summed E-state index contributed by atoms with van der Waals surface area (Å²) < 4.78 is 33.9. The Balaban J connectivity index is 2.10. The third-order valence-corrected chi connectivity index (χ3v) is 4.57. The number of carbonyl (C=O) groups excluding carboxylic acids is 2. The molecule has 0 saturated heterocycles. The van der Waals surface area contributed by atoms with Crippen molar-refractivity contribution in [1.29, 1.82) is 0 Å². The van der Waals surface area contributed by atoms with E-state index in [0.29, 0.717) is 29.2 Å². The fourth-order valence-corrected chi connectivity index (χ4v) is 3.00. The van der Waals surface area contributed by atoms with Gasteiger partial charge in [0.2, 0.25) is 11.7 Å². The van der Waals surface area contributed by atoms with Crippen molar-refractivity contribution in [3.8, 4) is 17.2 Å². The summed E-state index contributed by atoms with van der Waals surface area (Å²) in [5, 5.41) is 2.82. The monoisotopic (exact) mass is 419 g/mol. The van der Waals surface area contributed by atoms with Gasteiger partial charge in [-0.3, -0.25) is 9.59 Å². The number of rotatable bonds is 10. The van der Waals surface area contributed by atoms with Crippen LogP contribution in [0.25, 0.3) is 0 Å². The van der Waals surface area contributed by atoms with Crippen LogP contribution in [0, 0.1) is 5.82 Å². The van der Waals surface area contributed by atoms with Crippen LogP contribution in [0.5, 0.6) is 17.2 Å². The van der Waals surface area contributed by atoms with Gasteiger partial charge in [-0.2, -0.15) is 0 Å². The van der Waals surface area contributed by atoms with Crippen molar-refractivity contribution in [2.75, 3.05) is 28.4 Å². The molecule has 0 aliphatic carbocycles. The van der Waals surface area contributed by atoms with Gasteiger partial charge >= 0.3 is 5.97 Å². The molecular formula is C22H26FNO6. The van der Waals surface area contributed by atoms with Gasteiger partial charge in [0.15, 0.2) is 11.5 Å². The second-order valence-corrected chi connectivity index (χ2v) is 6.49. The number of esters is 1. The van der Waals surface area contributed by atoms with Crippen LogP contribution in [0.15, 0.2) is 36.4 Å². The van der Waals surface area contributed by atoms with E-state index in [9.17, 15) is 14.0 Å². The van der Waals surface area contributed by atoms with Crippen molar-refractivity contribution in [2.24, 2.45) is 0 Å². The van der Waals surface area contributed by atoms with E-state index in [2.05, 4.69) is 5.32 Å². The number of aryl methyl sites for hydroxylation is 1. The highest BCUT2D eigenvalue weighted by molar-refractivity contribution is 5.78. The first-order valence-corrected chi connectivity index (χ1v) is 9.32.